The molecule has 5 rings (SSSR count). The average Bonchev–Trinajstić information content (AvgIpc) is 2.66. The topological polar surface area (TPSA) is 79.5 Å². The molecule has 0 aromatic carbocycles. The second-order valence-electron chi connectivity index (χ2n) is 10.2. The minimum Gasteiger partial charge on any atom is -0.384 e. The Balaban J connectivity index is 1.21. The second kappa shape index (κ2) is 8.31. The van der Waals surface area contributed by atoms with Crippen molar-refractivity contribution in [1.29, 1.82) is 0 Å². The molecule has 0 atom stereocenters. The van der Waals surface area contributed by atoms with Gasteiger partial charge in [-0.25, -0.2) is 0 Å². The highest BCUT2D eigenvalue weighted by Gasteiger charge is 2.54. The van der Waals surface area contributed by atoms with Crippen LogP contribution in [0.5, 0.6) is 0 Å². The highest BCUT2D eigenvalue weighted by molar-refractivity contribution is 5.84. The molecule has 1 saturated heterocycles. The average molecular weight is 392 g/mol. The van der Waals surface area contributed by atoms with Gasteiger partial charge in [-0.1, -0.05) is 0 Å². The molecule has 4 aliphatic carbocycles. The first-order chi connectivity index (χ1) is 13.5. The molecule has 1 heterocycles. The Morgan fingerprint density at radius 2 is 1.61 bits per heavy atom. The fourth-order valence-corrected chi connectivity index (χ4v) is 6.88. The first-order valence-corrected chi connectivity index (χ1v) is 11.3. The van der Waals surface area contributed by atoms with E-state index in [1.165, 1.54) is 19.3 Å². The van der Waals surface area contributed by atoms with E-state index >= 15 is 0 Å². The van der Waals surface area contributed by atoms with E-state index in [0.29, 0.717) is 26.1 Å². The number of carbonyl (C=O) groups is 2. The van der Waals surface area contributed by atoms with E-state index in [1.54, 1.807) is 7.11 Å². The lowest BCUT2D eigenvalue weighted by Crippen LogP contribution is -2.54. The molecule has 5 aliphatic rings. The molecule has 2 amide bonds. The summed E-state index contributed by atoms with van der Waals surface area (Å²) in [5, 5.41) is 9.57. The quantitative estimate of drug-likeness (QED) is 0.590. The number of amides is 2. The Morgan fingerprint density at radius 1 is 1.00 bits per heavy atom. The molecule has 0 spiro atoms. The summed E-state index contributed by atoms with van der Waals surface area (Å²) < 4.78 is 5.41. The molecule has 0 radical (unpaired) electrons. The van der Waals surface area contributed by atoms with Crippen LogP contribution in [0.4, 0.5) is 0 Å². The predicted molar refractivity (Wildman–Crippen MR) is 108 cm³/mol. The third kappa shape index (κ3) is 4.23. The number of ether oxygens (including phenoxy) is 1. The Bertz CT molecular complexity index is 545. The van der Waals surface area contributed by atoms with E-state index in [4.69, 9.17) is 4.74 Å². The van der Waals surface area contributed by atoms with Crippen molar-refractivity contribution in [3.8, 4) is 0 Å². The first kappa shape index (κ1) is 20.1. The monoisotopic (exact) mass is 391 g/mol. The summed E-state index contributed by atoms with van der Waals surface area (Å²) in [5.41, 5.74) is -0.0824. The van der Waals surface area contributed by atoms with E-state index in [9.17, 15) is 9.59 Å². The smallest absolute Gasteiger partial charge is 0.226 e. The summed E-state index contributed by atoms with van der Waals surface area (Å²) in [7, 11) is 1.73. The molecule has 5 fully saturated rings. The van der Waals surface area contributed by atoms with Crippen molar-refractivity contribution in [3.63, 3.8) is 0 Å². The Hall–Kier alpha value is -1.14. The number of carbonyl (C=O) groups excluding carboxylic acids is 2. The summed E-state index contributed by atoms with van der Waals surface area (Å²) in [6.45, 7) is 3.73. The molecule has 4 bridgehead atoms. The van der Waals surface area contributed by atoms with Gasteiger partial charge >= 0.3 is 0 Å². The van der Waals surface area contributed by atoms with E-state index in [1.807, 2.05) is 0 Å². The molecule has 6 heteroatoms. The summed E-state index contributed by atoms with van der Waals surface area (Å²) in [4.78, 5) is 25.3. The number of methoxy groups -OCH3 is 1. The lowest BCUT2D eigenvalue weighted by atomic mass is 9.49. The Kier molecular flexibility index (Phi) is 5.98. The summed E-state index contributed by atoms with van der Waals surface area (Å²) in [6, 6.07) is 0. The van der Waals surface area contributed by atoms with Crippen LogP contribution in [0.15, 0.2) is 0 Å². The fraction of sp³-hybridized carbons (Fsp3) is 0.909. The summed E-state index contributed by atoms with van der Waals surface area (Å²) >= 11 is 0. The third-order valence-electron chi connectivity index (χ3n) is 7.93. The molecule has 3 N–H and O–H groups in total. The molecule has 0 aromatic heterocycles. The van der Waals surface area contributed by atoms with Gasteiger partial charge in [0.2, 0.25) is 11.8 Å². The van der Waals surface area contributed by atoms with Crippen molar-refractivity contribution >= 4 is 11.8 Å². The fourth-order valence-electron chi connectivity index (χ4n) is 6.88. The lowest BCUT2D eigenvalue weighted by Gasteiger charge is -2.55. The summed E-state index contributed by atoms with van der Waals surface area (Å²) in [5.74, 6) is 2.54. The maximum atomic E-state index is 13.0. The maximum absolute atomic E-state index is 13.0. The van der Waals surface area contributed by atoms with Gasteiger partial charge in [-0.3, -0.25) is 9.59 Å². The highest BCUT2D eigenvalue weighted by atomic mass is 16.5. The predicted octanol–water partition coefficient (Wildman–Crippen LogP) is 1.84. The van der Waals surface area contributed by atoms with Gasteiger partial charge in [0, 0.05) is 37.5 Å². The molecule has 158 valence electrons. The number of piperidine rings is 1. The van der Waals surface area contributed by atoms with Crippen LogP contribution in [0.2, 0.25) is 0 Å². The van der Waals surface area contributed by atoms with Crippen LogP contribution in [-0.2, 0) is 14.3 Å². The van der Waals surface area contributed by atoms with Crippen LogP contribution in [0.25, 0.3) is 0 Å². The van der Waals surface area contributed by atoms with Gasteiger partial charge < -0.3 is 20.7 Å². The van der Waals surface area contributed by atoms with Crippen molar-refractivity contribution in [3.05, 3.63) is 0 Å². The van der Waals surface area contributed by atoms with E-state index in [2.05, 4.69) is 16.0 Å². The molecule has 6 nitrogen and oxygen atoms in total. The van der Waals surface area contributed by atoms with Crippen molar-refractivity contribution in [2.45, 2.75) is 57.8 Å². The first-order valence-electron chi connectivity index (χ1n) is 11.3. The van der Waals surface area contributed by atoms with Crippen LogP contribution in [0, 0.1) is 28.6 Å². The van der Waals surface area contributed by atoms with Crippen molar-refractivity contribution < 1.29 is 14.3 Å². The van der Waals surface area contributed by atoms with Gasteiger partial charge in [-0.2, -0.15) is 0 Å². The summed E-state index contributed by atoms with van der Waals surface area (Å²) in [6.07, 6.45) is 9.64. The molecule has 0 aromatic rings. The normalized spacial score (nSPS) is 35.5. The zero-order valence-electron chi connectivity index (χ0n) is 17.4. The largest absolute Gasteiger partial charge is 0.384 e. The highest BCUT2D eigenvalue weighted by Crippen LogP contribution is 2.60. The Labute approximate surface area is 168 Å². The molecule has 28 heavy (non-hydrogen) atoms. The van der Waals surface area contributed by atoms with Gasteiger partial charge in [-0.15, -0.1) is 0 Å². The van der Waals surface area contributed by atoms with E-state index in [0.717, 1.165) is 62.9 Å². The van der Waals surface area contributed by atoms with E-state index in [-0.39, 0.29) is 22.6 Å². The van der Waals surface area contributed by atoms with Crippen molar-refractivity contribution in [2.24, 2.45) is 28.6 Å². The number of hydrogen-bond donors (Lipinski definition) is 3. The number of hydrogen-bond acceptors (Lipinski definition) is 4. The van der Waals surface area contributed by atoms with Crippen LogP contribution in [0.3, 0.4) is 0 Å². The standard InChI is InChI=1S/C22H37N3O3/c1-28-15-21(3-6-23-7-4-21)14-25-19(26)2-5-24-20(27)22-11-16-8-17(12-22)10-18(9-16)13-22/h16-18,23H,2-15H2,1H3,(H,24,27)(H,25,26). The molecule has 1 aliphatic heterocycles. The van der Waals surface area contributed by atoms with Gasteiger partial charge in [0.25, 0.3) is 0 Å². The third-order valence-corrected chi connectivity index (χ3v) is 7.93. The van der Waals surface area contributed by atoms with Crippen LogP contribution >= 0.6 is 0 Å². The molecule has 4 saturated carbocycles. The number of rotatable bonds is 8. The molecular weight excluding hydrogens is 354 g/mol. The minimum atomic E-state index is -0.122. The van der Waals surface area contributed by atoms with Crippen LogP contribution in [0.1, 0.15) is 57.8 Å². The van der Waals surface area contributed by atoms with Crippen molar-refractivity contribution in [1.82, 2.24) is 16.0 Å². The second-order valence-corrected chi connectivity index (χ2v) is 10.2. The van der Waals surface area contributed by atoms with Crippen LogP contribution in [-0.4, -0.2) is 51.7 Å². The molecular formula is C22H37N3O3. The Morgan fingerprint density at radius 3 is 2.18 bits per heavy atom. The SMILES string of the molecule is COCC1(CNC(=O)CCNC(=O)C23CC4CC(CC(C4)C2)C3)CCNCC1. The lowest BCUT2D eigenvalue weighted by molar-refractivity contribution is -0.146. The van der Waals surface area contributed by atoms with Gasteiger partial charge in [0.1, 0.15) is 0 Å². The van der Waals surface area contributed by atoms with E-state index < -0.39 is 0 Å². The van der Waals surface area contributed by atoms with Gasteiger partial charge in [0.05, 0.1) is 6.61 Å². The zero-order valence-corrected chi connectivity index (χ0v) is 17.4. The zero-order chi connectivity index (χ0) is 19.6. The van der Waals surface area contributed by atoms with Gasteiger partial charge in [0.15, 0.2) is 0 Å². The van der Waals surface area contributed by atoms with Crippen LogP contribution < -0.4 is 16.0 Å². The molecule has 0 unspecified atom stereocenters. The van der Waals surface area contributed by atoms with Gasteiger partial charge in [-0.05, 0) is 82.2 Å². The minimum absolute atomic E-state index is 0.0276. The maximum Gasteiger partial charge on any atom is 0.226 e. The van der Waals surface area contributed by atoms with Crippen molar-refractivity contribution in [2.75, 3.05) is 39.9 Å². The number of nitrogens with one attached hydrogen (secondary N) is 3.